The van der Waals surface area contributed by atoms with Crippen molar-refractivity contribution in [3.05, 3.63) is 28.2 Å². The highest BCUT2D eigenvalue weighted by Gasteiger charge is 2.07. The largest absolute Gasteiger partial charge is 0.399 e. The second-order valence-corrected chi connectivity index (χ2v) is 3.07. The van der Waals surface area contributed by atoms with E-state index in [-0.39, 0.29) is 5.91 Å². The molecule has 0 saturated heterocycles. The molecule has 0 aliphatic heterocycles. The first-order valence-corrected chi connectivity index (χ1v) is 4.00. The molecule has 64 valence electrons. The van der Waals surface area contributed by atoms with Crippen LogP contribution in [-0.2, 0) is 0 Å². The van der Waals surface area contributed by atoms with Crippen LogP contribution in [0.1, 0.15) is 10.4 Å². The summed E-state index contributed by atoms with van der Waals surface area (Å²) in [7, 11) is 0. The van der Waals surface area contributed by atoms with Crippen molar-refractivity contribution in [3.8, 4) is 0 Å². The summed E-state index contributed by atoms with van der Waals surface area (Å²) < 4.78 is 0.666. The number of anilines is 1. The fourth-order valence-corrected chi connectivity index (χ4v) is 1.22. The van der Waals surface area contributed by atoms with E-state index in [0.29, 0.717) is 15.7 Å². The number of nitrogen functional groups attached to an aromatic ring is 2. The lowest BCUT2D eigenvalue weighted by atomic mass is 10.2. The molecule has 12 heavy (non-hydrogen) atoms. The monoisotopic (exact) mass is 229 g/mol. The number of hydrazine groups is 1. The minimum absolute atomic E-state index is 0.367. The van der Waals surface area contributed by atoms with Crippen LogP contribution in [0.2, 0.25) is 0 Å². The molecule has 5 heteroatoms. The Balaban J connectivity index is 3.13. The Labute approximate surface area is 78.0 Å². The van der Waals surface area contributed by atoms with E-state index in [1.807, 2.05) is 5.43 Å². The Kier molecular flexibility index (Phi) is 2.67. The van der Waals surface area contributed by atoms with Crippen LogP contribution in [0.4, 0.5) is 5.69 Å². The summed E-state index contributed by atoms with van der Waals surface area (Å²) in [5.74, 6) is 4.60. The highest BCUT2D eigenvalue weighted by Crippen LogP contribution is 2.18. The van der Waals surface area contributed by atoms with Crippen molar-refractivity contribution in [1.82, 2.24) is 5.43 Å². The number of hydrogen-bond acceptors (Lipinski definition) is 3. The van der Waals surface area contributed by atoms with Crippen molar-refractivity contribution in [2.45, 2.75) is 0 Å². The van der Waals surface area contributed by atoms with Gasteiger partial charge in [0.2, 0.25) is 0 Å². The molecule has 0 heterocycles. The van der Waals surface area contributed by atoms with Gasteiger partial charge in [-0.15, -0.1) is 0 Å². The van der Waals surface area contributed by atoms with Crippen LogP contribution in [0.25, 0.3) is 0 Å². The van der Waals surface area contributed by atoms with E-state index in [0.717, 1.165) is 0 Å². The maximum atomic E-state index is 11.1. The lowest BCUT2D eigenvalue weighted by molar-refractivity contribution is 0.0953. The fourth-order valence-electron chi connectivity index (χ4n) is 0.795. The Morgan fingerprint density at radius 2 is 2.17 bits per heavy atom. The van der Waals surface area contributed by atoms with E-state index >= 15 is 0 Å². The molecule has 1 rings (SSSR count). The summed E-state index contributed by atoms with van der Waals surface area (Å²) in [6.45, 7) is 0. The van der Waals surface area contributed by atoms with Gasteiger partial charge in [0.05, 0.1) is 5.56 Å². The van der Waals surface area contributed by atoms with Gasteiger partial charge in [0.15, 0.2) is 0 Å². The van der Waals surface area contributed by atoms with E-state index in [4.69, 9.17) is 11.6 Å². The fraction of sp³-hybridized carbons (Fsp3) is 0. The van der Waals surface area contributed by atoms with Crippen molar-refractivity contribution in [3.63, 3.8) is 0 Å². The third-order valence-corrected chi connectivity index (χ3v) is 2.06. The Morgan fingerprint density at radius 1 is 1.50 bits per heavy atom. The summed E-state index contributed by atoms with van der Waals surface area (Å²) in [4.78, 5) is 11.1. The number of carbonyl (C=O) groups excluding carboxylic acids is 1. The molecule has 0 bridgehead atoms. The van der Waals surface area contributed by atoms with E-state index in [1.165, 1.54) is 0 Å². The molecule has 5 N–H and O–H groups in total. The molecule has 0 atom stereocenters. The zero-order valence-electron chi connectivity index (χ0n) is 6.17. The van der Waals surface area contributed by atoms with Crippen LogP contribution in [0.15, 0.2) is 22.7 Å². The number of benzene rings is 1. The molecule has 0 aliphatic carbocycles. The van der Waals surface area contributed by atoms with Gasteiger partial charge >= 0.3 is 0 Å². The quantitative estimate of drug-likeness (QED) is 0.286. The second kappa shape index (κ2) is 3.55. The lowest BCUT2D eigenvalue weighted by Crippen LogP contribution is -2.30. The molecule has 0 radical (unpaired) electrons. The van der Waals surface area contributed by atoms with Gasteiger partial charge in [0.25, 0.3) is 5.91 Å². The average molecular weight is 230 g/mol. The Hall–Kier alpha value is -1.07. The smallest absolute Gasteiger partial charge is 0.266 e. The van der Waals surface area contributed by atoms with Crippen molar-refractivity contribution >= 4 is 27.5 Å². The van der Waals surface area contributed by atoms with Crippen molar-refractivity contribution in [2.75, 3.05) is 5.73 Å². The number of rotatable bonds is 1. The number of halogens is 1. The van der Waals surface area contributed by atoms with E-state index in [2.05, 4.69) is 15.9 Å². The molecule has 0 fully saturated rings. The Bertz CT molecular complexity index is 314. The normalized spacial score (nSPS) is 9.50. The predicted molar refractivity (Wildman–Crippen MR) is 50.2 cm³/mol. The third kappa shape index (κ3) is 1.75. The van der Waals surface area contributed by atoms with Crippen molar-refractivity contribution in [2.24, 2.45) is 5.84 Å². The van der Waals surface area contributed by atoms with Gasteiger partial charge in [0.1, 0.15) is 0 Å². The number of hydrogen-bond donors (Lipinski definition) is 3. The molecule has 1 aromatic carbocycles. The van der Waals surface area contributed by atoms with Crippen LogP contribution in [-0.4, -0.2) is 5.91 Å². The Morgan fingerprint density at radius 3 is 2.75 bits per heavy atom. The first-order valence-electron chi connectivity index (χ1n) is 3.21. The summed E-state index contributed by atoms with van der Waals surface area (Å²) in [6, 6.07) is 4.93. The van der Waals surface area contributed by atoms with Crippen molar-refractivity contribution in [1.29, 1.82) is 0 Å². The van der Waals surface area contributed by atoms with Crippen LogP contribution in [0.3, 0.4) is 0 Å². The van der Waals surface area contributed by atoms with Crippen LogP contribution in [0.5, 0.6) is 0 Å². The highest BCUT2D eigenvalue weighted by atomic mass is 79.9. The topological polar surface area (TPSA) is 81.1 Å². The second-order valence-electron chi connectivity index (χ2n) is 2.21. The van der Waals surface area contributed by atoms with Gasteiger partial charge in [-0.3, -0.25) is 10.2 Å². The summed E-state index contributed by atoms with van der Waals surface area (Å²) in [6.07, 6.45) is 0. The number of carbonyl (C=O) groups is 1. The molecule has 0 aliphatic rings. The van der Waals surface area contributed by atoms with Gasteiger partial charge in [-0.05, 0) is 34.1 Å². The molecular formula is C7H8BrN3O. The van der Waals surface area contributed by atoms with Gasteiger partial charge < -0.3 is 5.73 Å². The first-order chi connectivity index (χ1) is 5.65. The first kappa shape index (κ1) is 9.02. The van der Waals surface area contributed by atoms with E-state index in [1.54, 1.807) is 18.2 Å². The van der Waals surface area contributed by atoms with Crippen LogP contribution >= 0.6 is 15.9 Å². The predicted octanol–water partition coefficient (Wildman–Crippen LogP) is 0.635. The molecule has 0 saturated carbocycles. The van der Waals surface area contributed by atoms with Gasteiger partial charge in [-0.2, -0.15) is 0 Å². The van der Waals surface area contributed by atoms with Gasteiger partial charge in [-0.1, -0.05) is 0 Å². The lowest BCUT2D eigenvalue weighted by Gasteiger charge is -2.02. The maximum Gasteiger partial charge on any atom is 0.266 e. The molecule has 1 amide bonds. The zero-order valence-corrected chi connectivity index (χ0v) is 7.76. The SMILES string of the molecule is NNC(=O)c1cc(N)ccc1Br. The van der Waals surface area contributed by atoms with E-state index < -0.39 is 0 Å². The molecular weight excluding hydrogens is 222 g/mol. The van der Waals surface area contributed by atoms with E-state index in [9.17, 15) is 4.79 Å². The average Bonchev–Trinajstić information content (AvgIpc) is 2.08. The van der Waals surface area contributed by atoms with Crippen LogP contribution in [0, 0.1) is 0 Å². The maximum absolute atomic E-state index is 11.1. The zero-order chi connectivity index (χ0) is 9.14. The number of nitrogens with two attached hydrogens (primary N) is 2. The summed E-state index contributed by atoms with van der Waals surface area (Å²) in [5.41, 5.74) is 8.46. The number of amides is 1. The summed E-state index contributed by atoms with van der Waals surface area (Å²) >= 11 is 3.20. The molecule has 4 nitrogen and oxygen atoms in total. The minimum Gasteiger partial charge on any atom is -0.399 e. The van der Waals surface area contributed by atoms with Gasteiger partial charge in [0, 0.05) is 10.2 Å². The molecule has 1 aromatic rings. The van der Waals surface area contributed by atoms with Gasteiger partial charge in [-0.25, -0.2) is 5.84 Å². The number of nitrogens with one attached hydrogen (secondary N) is 1. The molecule has 0 unspecified atom stereocenters. The molecule has 0 aromatic heterocycles. The molecule has 0 spiro atoms. The van der Waals surface area contributed by atoms with Crippen LogP contribution < -0.4 is 17.0 Å². The standard InChI is InChI=1S/C7H8BrN3O/c8-6-2-1-4(9)3-5(6)7(12)11-10/h1-3H,9-10H2,(H,11,12). The highest BCUT2D eigenvalue weighted by molar-refractivity contribution is 9.10. The summed E-state index contributed by atoms with van der Waals surface area (Å²) in [5, 5.41) is 0. The third-order valence-electron chi connectivity index (χ3n) is 1.37. The minimum atomic E-state index is -0.367. The van der Waals surface area contributed by atoms with Crippen molar-refractivity contribution < 1.29 is 4.79 Å².